The summed E-state index contributed by atoms with van der Waals surface area (Å²) in [6.45, 7) is 2.39. The second kappa shape index (κ2) is 6.15. The zero-order chi connectivity index (χ0) is 12.1. The van der Waals surface area contributed by atoms with Gasteiger partial charge in [0.05, 0.1) is 5.56 Å². The highest BCUT2D eigenvalue weighted by Gasteiger charge is 2.11. The molecule has 3 nitrogen and oxygen atoms in total. The van der Waals surface area contributed by atoms with E-state index in [1.165, 1.54) is 18.2 Å². The van der Waals surface area contributed by atoms with Crippen LogP contribution in [0.1, 0.15) is 23.7 Å². The summed E-state index contributed by atoms with van der Waals surface area (Å²) in [5.74, 6) is -0.556. The maximum atomic E-state index is 12.8. The van der Waals surface area contributed by atoms with Crippen LogP contribution in [0.3, 0.4) is 0 Å². The van der Waals surface area contributed by atoms with Crippen LogP contribution >= 0.6 is 22.6 Å². The summed E-state index contributed by atoms with van der Waals surface area (Å²) in [6.07, 6.45) is 0.806. The third kappa shape index (κ3) is 3.71. The number of rotatable bonds is 4. The maximum Gasteiger partial charge on any atom is 0.252 e. The smallest absolute Gasteiger partial charge is 0.252 e. The van der Waals surface area contributed by atoms with Crippen molar-refractivity contribution in [3.05, 3.63) is 33.1 Å². The SMILES string of the molecule is CCC(N)CNC(=O)c1ccc(F)cc1I. The first kappa shape index (κ1) is 13.4. The van der Waals surface area contributed by atoms with Crippen LogP contribution in [0.5, 0.6) is 0 Å². The highest BCUT2D eigenvalue weighted by atomic mass is 127. The van der Waals surface area contributed by atoms with E-state index in [0.717, 1.165) is 6.42 Å². The highest BCUT2D eigenvalue weighted by molar-refractivity contribution is 14.1. The molecule has 1 amide bonds. The number of nitrogens with one attached hydrogen (secondary N) is 1. The summed E-state index contributed by atoms with van der Waals surface area (Å²) in [5.41, 5.74) is 6.16. The molecule has 1 unspecified atom stereocenters. The molecule has 88 valence electrons. The summed E-state index contributed by atoms with van der Waals surface area (Å²) in [7, 11) is 0. The van der Waals surface area contributed by atoms with Gasteiger partial charge in [0.15, 0.2) is 0 Å². The molecule has 16 heavy (non-hydrogen) atoms. The Bertz CT molecular complexity index is 384. The van der Waals surface area contributed by atoms with Crippen molar-refractivity contribution in [3.8, 4) is 0 Å². The average molecular weight is 336 g/mol. The third-order valence-corrected chi connectivity index (χ3v) is 3.12. The molecule has 0 spiro atoms. The topological polar surface area (TPSA) is 55.1 Å². The van der Waals surface area contributed by atoms with Crippen LogP contribution in [0.2, 0.25) is 0 Å². The van der Waals surface area contributed by atoms with E-state index in [1.54, 1.807) is 0 Å². The lowest BCUT2D eigenvalue weighted by atomic mass is 10.2. The molecule has 0 aliphatic carbocycles. The predicted molar refractivity (Wildman–Crippen MR) is 69.7 cm³/mol. The van der Waals surface area contributed by atoms with Crippen LogP contribution in [0.15, 0.2) is 18.2 Å². The maximum absolute atomic E-state index is 12.8. The molecule has 0 heterocycles. The van der Waals surface area contributed by atoms with Gasteiger partial charge in [-0.3, -0.25) is 4.79 Å². The summed E-state index contributed by atoms with van der Waals surface area (Å²) < 4.78 is 13.4. The Labute approximate surface area is 108 Å². The zero-order valence-electron chi connectivity index (χ0n) is 8.97. The van der Waals surface area contributed by atoms with Gasteiger partial charge >= 0.3 is 0 Å². The third-order valence-electron chi connectivity index (χ3n) is 2.22. The van der Waals surface area contributed by atoms with Crippen molar-refractivity contribution in [2.75, 3.05) is 6.54 Å². The fraction of sp³-hybridized carbons (Fsp3) is 0.364. The lowest BCUT2D eigenvalue weighted by Crippen LogP contribution is -2.37. The fourth-order valence-electron chi connectivity index (χ4n) is 1.14. The molecule has 5 heteroatoms. The first-order chi connectivity index (χ1) is 7.54. The van der Waals surface area contributed by atoms with Crippen molar-refractivity contribution in [1.29, 1.82) is 0 Å². The van der Waals surface area contributed by atoms with Crippen LogP contribution < -0.4 is 11.1 Å². The Hall–Kier alpha value is -0.690. The Kier molecular flexibility index (Phi) is 5.14. The van der Waals surface area contributed by atoms with Gasteiger partial charge in [-0.05, 0) is 47.2 Å². The van der Waals surface area contributed by atoms with Crippen LogP contribution in [0, 0.1) is 9.39 Å². The molecule has 0 saturated heterocycles. The minimum absolute atomic E-state index is 0.0398. The Morgan fingerprint density at radius 3 is 2.88 bits per heavy atom. The van der Waals surface area contributed by atoms with E-state index in [0.29, 0.717) is 15.7 Å². The number of carbonyl (C=O) groups is 1. The van der Waals surface area contributed by atoms with E-state index < -0.39 is 0 Å². The standard InChI is InChI=1S/C11H14FIN2O/c1-2-8(14)6-15-11(16)9-4-3-7(12)5-10(9)13/h3-5,8H,2,6,14H2,1H3,(H,15,16). The molecule has 1 atom stereocenters. The van der Waals surface area contributed by atoms with E-state index in [9.17, 15) is 9.18 Å². The van der Waals surface area contributed by atoms with E-state index in [-0.39, 0.29) is 17.8 Å². The number of hydrogen-bond acceptors (Lipinski definition) is 2. The van der Waals surface area contributed by atoms with Gasteiger partial charge < -0.3 is 11.1 Å². The molecule has 0 aliphatic rings. The lowest BCUT2D eigenvalue weighted by molar-refractivity contribution is 0.0950. The predicted octanol–water partition coefficient (Wildman–Crippen LogP) is 1.90. The van der Waals surface area contributed by atoms with Gasteiger partial charge in [-0.1, -0.05) is 6.92 Å². The van der Waals surface area contributed by atoms with E-state index in [2.05, 4.69) is 5.32 Å². The molecule has 0 aliphatic heterocycles. The molecule has 1 rings (SSSR count). The highest BCUT2D eigenvalue weighted by Crippen LogP contribution is 2.13. The van der Waals surface area contributed by atoms with Crippen molar-refractivity contribution < 1.29 is 9.18 Å². The first-order valence-electron chi connectivity index (χ1n) is 5.03. The molecule has 1 aromatic rings. The molecule has 0 fully saturated rings. The van der Waals surface area contributed by atoms with Crippen LogP contribution in [-0.2, 0) is 0 Å². The number of hydrogen-bond donors (Lipinski definition) is 2. The van der Waals surface area contributed by atoms with E-state index in [4.69, 9.17) is 5.73 Å². The normalized spacial score (nSPS) is 12.2. The van der Waals surface area contributed by atoms with E-state index >= 15 is 0 Å². The Balaban J connectivity index is 2.66. The monoisotopic (exact) mass is 336 g/mol. The molecule has 0 saturated carbocycles. The molecule has 0 aromatic heterocycles. The van der Waals surface area contributed by atoms with Gasteiger partial charge in [0.25, 0.3) is 5.91 Å². The number of halogens is 2. The summed E-state index contributed by atoms with van der Waals surface area (Å²) in [6, 6.07) is 4.04. The largest absolute Gasteiger partial charge is 0.350 e. The minimum Gasteiger partial charge on any atom is -0.350 e. The van der Waals surface area contributed by atoms with Gasteiger partial charge in [-0.2, -0.15) is 0 Å². The van der Waals surface area contributed by atoms with Crippen molar-refractivity contribution >= 4 is 28.5 Å². The van der Waals surface area contributed by atoms with Crippen LogP contribution in [0.4, 0.5) is 4.39 Å². The quantitative estimate of drug-likeness (QED) is 0.826. The number of benzene rings is 1. The molecular weight excluding hydrogens is 322 g/mol. The second-order valence-electron chi connectivity index (χ2n) is 3.50. The molecule has 1 aromatic carbocycles. The molecule has 0 radical (unpaired) electrons. The van der Waals surface area contributed by atoms with E-state index in [1.807, 2.05) is 29.5 Å². The van der Waals surface area contributed by atoms with Crippen LogP contribution in [-0.4, -0.2) is 18.5 Å². The van der Waals surface area contributed by atoms with Crippen molar-refractivity contribution in [3.63, 3.8) is 0 Å². The fourth-order valence-corrected chi connectivity index (χ4v) is 1.86. The number of nitrogens with two attached hydrogens (primary N) is 1. The first-order valence-corrected chi connectivity index (χ1v) is 6.11. The van der Waals surface area contributed by atoms with Crippen molar-refractivity contribution in [1.82, 2.24) is 5.32 Å². The number of amides is 1. The van der Waals surface area contributed by atoms with Gasteiger partial charge in [-0.15, -0.1) is 0 Å². The zero-order valence-corrected chi connectivity index (χ0v) is 11.1. The van der Waals surface area contributed by atoms with Gasteiger partial charge in [0.2, 0.25) is 0 Å². The molecule has 0 bridgehead atoms. The summed E-state index contributed by atoms with van der Waals surface area (Å²) in [4.78, 5) is 11.7. The van der Waals surface area contributed by atoms with Crippen molar-refractivity contribution in [2.24, 2.45) is 5.73 Å². The Morgan fingerprint density at radius 1 is 1.62 bits per heavy atom. The summed E-state index contributed by atoms with van der Waals surface area (Å²) >= 11 is 1.94. The minimum atomic E-state index is -0.341. The van der Waals surface area contributed by atoms with Gasteiger partial charge in [0.1, 0.15) is 5.82 Å². The average Bonchev–Trinajstić information content (AvgIpc) is 2.25. The van der Waals surface area contributed by atoms with Crippen LogP contribution in [0.25, 0.3) is 0 Å². The number of carbonyl (C=O) groups excluding carboxylic acids is 1. The second-order valence-corrected chi connectivity index (χ2v) is 4.66. The lowest BCUT2D eigenvalue weighted by Gasteiger charge is -2.11. The van der Waals surface area contributed by atoms with Gasteiger partial charge in [0, 0.05) is 16.2 Å². The van der Waals surface area contributed by atoms with Crippen molar-refractivity contribution in [2.45, 2.75) is 19.4 Å². The summed E-state index contributed by atoms with van der Waals surface area (Å²) in [5, 5.41) is 2.72. The Morgan fingerprint density at radius 2 is 2.31 bits per heavy atom. The van der Waals surface area contributed by atoms with Gasteiger partial charge in [-0.25, -0.2) is 4.39 Å². The molecular formula is C11H14FIN2O. The molecule has 3 N–H and O–H groups in total.